The van der Waals surface area contributed by atoms with E-state index in [-0.39, 0.29) is 44.5 Å². The maximum atomic E-state index is 14.4. The molecule has 0 saturated carbocycles. The summed E-state index contributed by atoms with van der Waals surface area (Å²) in [6.07, 6.45) is 0.0253. The third kappa shape index (κ3) is 14.7. The Morgan fingerprint density at radius 1 is 0.597 bits per heavy atom. The van der Waals surface area contributed by atoms with Crippen molar-refractivity contribution in [1.29, 1.82) is 0 Å². The molecule has 2 fully saturated rings. The molecule has 0 unspecified atom stereocenters. The largest absolute Gasteiger partial charge is 0.508 e. The number of nitrogens with zero attached hydrogens (tertiary/aromatic N) is 2. The monoisotopic (exact) mass is 935 g/mol. The van der Waals surface area contributed by atoms with Gasteiger partial charge in [0.05, 0.1) is 12.1 Å². The van der Waals surface area contributed by atoms with Gasteiger partial charge in [0.15, 0.2) is 0 Å². The third-order valence-corrected chi connectivity index (χ3v) is 11.8. The Kier molecular flexibility index (Phi) is 19.2. The number of carboxylic acid groups (broad SMARTS) is 1. The molecule has 2 aromatic rings. The average molecular weight is 936 g/mol. The molecule has 2 aliphatic rings. The Morgan fingerprint density at radius 2 is 1.09 bits per heavy atom. The molecule has 0 bridgehead atoms. The molecule has 2 aromatic carbocycles. The van der Waals surface area contributed by atoms with Gasteiger partial charge >= 0.3 is 5.97 Å². The minimum atomic E-state index is -1.52. The van der Waals surface area contributed by atoms with E-state index in [1.807, 2.05) is 0 Å². The summed E-state index contributed by atoms with van der Waals surface area (Å²) in [7, 11) is 0. The lowest BCUT2D eigenvalue weighted by Crippen LogP contribution is -2.61. The first-order valence-electron chi connectivity index (χ1n) is 22.5. The third-order valence-electron chi connectivity index (χ3n) is 11.8. The van der Waals surface area contributed by atoms with Crippen molar-refractivity contribution in [3.05, 3.63) is 65.7 Å². The zero-order valence-corrected chi connectivity index (χ0v) is 38.7. The maximum Gasteiger partial charge on any atom is 0.326 e. The number of aliphatic hydroxyl groups excluding tert-OH is 1. The predicted molar refractivity (Wildman–Crippen MR) is 242 cm³/mol. The quantitative estimate of drug-likeness (QED) is 0.0688. The first kappa shape index (κ1) is 53.0. The molecule has 67 heavy (non-hydrogen) atoms. The Bertz CT molecular complexity index is 2100. The number of amides is 8. The van der Waals surface area contributed by atoms with Crippen molar-refractivity contribution in [2.75, 3.05) is 13.1 Å². The molecule has 366 valence electrons. The number of phenolic OH excluding ortho intramolecular Hbond substituents is 1. The number of carbonyl (C=O) groups is 9. The number of nitrogens with two attached hydrogens (primary N) is 1. The lowest BCUT2D eigenvalue weighted by molar-refractivity contribution is -0.144. The van der Waals surface area contributed by atoms with Crippen molar-refractivity contribution >= 4 is 53.2 Å². The fourth-order valence-corrected chi connectivity index (χ4v) is 7.95. The van der Waals surface area contributed by atoms with Gasteiger partial charge in [-0.2, -0.15) is 0 Å². The molecule has 2 aliphatic heterocycles. The summed E-state index contributed by atoms with van der Waals surface area (Å²) in [5.74, 6) is -7.14. The van der Waals surface area contributed by atoms with Gasteiger partial charge < -0.3 is 62.8 Å². The van der Waals surface area contributed by atoms with Crippen molar-refractivity contribution in [2.45, 2.75) is 141 Å². The number of aliphatic hydroxyl groups is 1. The molecule has 8 amide bonds. The fraction of sp³-hybridized carbons (Fsp3) is 0.543. The average Bonchev–Trinajstić information content (AvgIpc) is 3.98. The van der Waals surface area contributed by atoms with E-state index in [4.69, 9.17) is 5.73 Å². The summed E-state index contributed by atoms with van der Waals surface area (Å²) in [6, 6.07) is 4.34. The molecule has 2 heterocycles. The number of aliphatic carboxylic acids is 1. The van der Waals surface area contributed by atoms with Gasteiger partial charge in [-0.05, 0) is 89.0 Å². The number of aromatic hydroxyl groups is 1. The van der Waals surface area contributed by atoms with E-state index < -0.39 is 120 Å². The first-order valence-corrected chi connectivity index (χ1v) is 22.5. The molecule has 21 nitrogen and oxygen atoms in total. The van der Waals surface area contributed by atoms with Crippen LogP contribution in [0.25, 0.3) is 0 Å². The van der Waals surface area contributed by atoms with E-state index >= 15 is 0 Å². The number of benzene rings is 2. The van der Waals surface area contributed by atoms with E-state index in [0.29, 0.717) is 24.0 Å². The van der Waals surface area contributed by atoms with Crippen LogP contribution in [0, 0.1) is 5.92 Å². The van der Waals surface area contributed by atoms with Crippen LogP contribution in [-0.2, 0) is 56.0 Å². The van der Waals surface area contributed by atoms with Crippen LogP contribution in [0.1, 0.15) is 78.4 Å². The highest BCUT2D eigenvalue weighted by Crippen LogP contribution is 2.22. The van der Waals surface area contributed by atoms with Crippen LogP contribution in [0.15, 0.2) is 54.6 Å². The van der Waals surface area contributed by atoms with Crippen molar-refractivity contribution in [3.63, 3.8) is 0 Å². The minimum Gasteiger partial charge on any atom is -0.508 e. The molecule has 4 rings (SSSR count). The van der Waals surface area contributed by atoms with Crippen LogP contribution >= 0.6 is 0 Å². The van der Waals surface area contributed by atoms with E-state index in [1.165, 1.54) is 49.6 Å². The molecule has 0 spiro atoms. The van der Waals surface area contributed by atoms with Gasteiger partial charge in [-0.1, -0.05) is 56.3 Å². The summed E-state index contributed by atoms with van der Waals surface area (Å²) in [6.45, 7) is 9.08. The van der Waals surface area contributed by atoms with E-state index in [9.17, 15) is 58.5 Å². The number of carboxylic acids is 1. The fourth-order valence-electron chi connectivity index (χ4n) is 7.95. The predicted octanol–water partition coefficient (Wildman–Crippen LogP) is -1.42. The van der Waals surface area contributed by atoms with E-state index in [2.05, 4.69) is 31.9 Å². The number of nitrogens with one attached hydrogen (secondary N) is 6. The zero-order chi connectivity index (χ0) is 49.7. The number of carbonyl (C=O) groups excluding carboxylic acids is 8. The molecule has 0 aliphatic carbocycles. The van der Waals surface area contributed by atoms with Crippen LogP contribution < -0.4 is 37.6 Å². The van der Waals surface area contributed by atoms with Gasteiger partial charge in [-0.3, -0.25) is 38.4 Å². The summed E-state index contributed by atoms with van der Waals surface area (Å²) in [5, 5.41) is 44.8. The van der Waals surface area contributed by atoms with Crippen LogP contribution in [0.3, 0.4) is 0 Å². The van der Waals surface area contributed by atoms with Crippen molar-refractivity contribution in [3.8, 4) is 5.75 Å². The summed E-state index contributed by atoms with van der Waals surface area (Å²) in [5.41, 5.74) is 7.44. The molecule has 11 N–H and O–H groups in total. The van der Waals surface area contributed by atoms with Crippen LogP contribution in [0.4, 0.5) is 0 Å². The Labute approximate surface area is 389 Å². The summed E-state index contributed by atoms with van der Waals surface area (Å²) < 4.78 is 0. The van der Waals surface area contributed by atoms with Gasteiger partial charge in [-0.15, -0.1) is 0 Å². The Morgan fingerprint density at radius 3 is 1.63 bits per heavy atom. The lowest BCUT2D eigenvalue weighted by Gasteiger charge is -2.32. The van der Waals surface area contributed by atoms with E-state index in [0.717, 1.165) is 0 Å². The molecular weight excluding hydrogens is 871 g/mol. The normalized spacial score (nSPS) is 19.4. The van der Waals surface area contributed by atoms with Gasteiger partial charge in [0, 0.05) is 19.5 Å². The van der Waals surface area contributed by atoms with Crippen LogP contribution in [-0.4, -0.2) is 152 Å². The van der Waals surface area contributed by atoms with Gasteiger partial charge in [0.25, 0.3) is 0 Å². The summed E-state index contributed by atoms with van der Waals surface area (Å²) in [4.78, 5) is 122. The SMILES string of the molecule is CC(C)[C@H](NC(=O)[C@H](C)NC(=O)[C@H](C)NC(=O)[C@@H]1CCCN1C(=O)[C@H](C)NC(=O)[C@@H]1CCCN1C(=O)[C@H](Cc1ccccc1)NC(=O)[C@@H](NC(=O)[C@@H](N)Cc1ccc(O)cc1)[C@@H](C)O)C(=O)O. The van der Waals surface area contributed by atoms with Gasteiger partial charge in [0.2, 0.25) is 47.3 Å². The second-order valence-corrected chi connectivity index (χ2v) is 17.6. The smallest absolute Gasteiger partial charge is 0.326 e. The maximum absolute atomic E-state index is 14.4. The second-order valence-electron chi connectivity index (χ2n) is 17.6. The summed E-state index contributed by atoms with van der Waals surface area (Å²) >= 11 is 0. The second kappa shape index (κ2) is 24.2. The highest BCUT2D eigenvalue weighted by molar-refractivity contribution is 5.98. The molecule has 21 heteroatoms. The molecular formula is C46H65N9O12. The van der Waals surface area contributed by atoms with E-state index in [1.54, 1.807) is 56.3 Å². The van der Waals surface area contributed by atoms with Crippen LogP contribution in [0.2, 0.25) is 0 Å². The topological polar surface area (TPSA) is 319 Å². The van der Waals surface area contributed by atoms with Gasteiger partial charge in [-0.25, -0.2) is 4.79 Å². The Balaban J connectivity index is 1.39. The molecule has 2 saturated heterocycles. The minimum absolute atomic E-state index is 0.00938. The van der Waals surface area contributed by atoms with Crippen LogP contribution in [0.5, 0.6) is 5.75 Å². The first-order chi connectivity index (χ1) is 31.6. The number of likely N-dealkylation sites (tertiary alicyclic amines) is 2. The lowest BCUT2D eigenvalue weighted by atomic mass is 10.0. The Hall–Kier alpha value is -6.61. The van der Waals surface area contributed by atoms with Crippen molar-refractivity contribution < 1.29 is 58.5 Å². The number of rotatable bonds is 21. The van der Waals surface area contributed by atoms with Crippen molar-refractivity contribution in [2.24, 2.45) is 11.7 Å². The van der Waals surface area contributed by atoms with Gasteiger partial charge in [0.1, 0.15) is 54.1 Å². The number of hydrogen-bond donors (Lipinski definition) is 10. The number of phenols is 1. The highest BCUT2D eigenvalue weighted by Gasteiger charge is 2.42. The van der Waals surface area contributed by atoms with Crippen molar-refractivity contribution in [1.82, 2.24) is 41.7 Å². The highest BCUT2D eigenvalue weighted by atomic mass is 16.4. The molecule has 0 radical (unpaired) electrons. The molecule has 10 atom stereocenters. The molecule has 0 aromatic heterocycles. The standard InChI is InChI=1S/C46H65N9O12/c1-24(2)36(46(66)67)52-39(59)26(4)48-38(58)25(3)49-41(61)34-14-10-20-54(34)44(64)27(5)50-42(62)35-15-11-21-55(35)45(65)33(23-29-12-8-7-9-13-29)51-43(63)37(28(6)56)53-40(60)32(47)22-30-16-18-31(57)19-17-30/h7-9,12-13,16-19,24-28,32-37,56-57H,10-11,14-15,20-23,47H2,1-6H3,(H,48,58)(H,49,61)(H,50,62)(H,51,63)(H,52,59)(H,53,60)(H,66,67)/t25-,26-,27-,28+,32-,33-,34-,35-,36-,37-/m0/s1. The number of hydrogen-bond acceptors (Lipinski definition) is 12. The zero-order valence-electron chi connectivity index (χ0n) is 38.7.